The first-order valence-corrected chi connectivity index (χ1v) is 6.39. The summed E-state index contributed by atoms with van der Waals surface area (Å²) in [5, 5.41) is 3.36. The van der Waals surface area contributed by atoms with Crippen LogP contribution in [0.15, 0.2) is 0 Å². The maximum absolute atomic E-state index is 11.8. The molecule has 0 aromatic rings. The van der Waals surface area contributed by atoms with Crippen LogP contribution in [-0.4, -0.2) is 31.7 Å². The Balaban J connectivity index is 2.35. The molecule has 0 aromatic carbocycles. The van der Waals surface area contributed by atoms with Crippen LogP contribution in [0.3, 0.4) is 0 Å². The van der Waals surface area contributed by atoms with Crippen LogP contribution < -0.4 is 11.1 Å². The second-order valence-corrected chi connectivity index (χ2v) is 4.42. The average molecular weight is 228 g/mol. The molecular formula is C12H24N2O2. The highest BCUT2D eigenvalue weighted by molar-refractivity contribution is 5.73. The lowest BCUT2D eigenvalue weighted by Gasteiger charge is -2.29. The Morgan fingerprint density at radius 2 is 2.38 bits per heavy atom. The molecule has 4 nitrogen and oxygen atoms in total. The summed E-state index contributed by atoms with van der Waals surface area (Å²) in [6.45, 7) is 3.97. The Morgan fingerprint density at radius 3 is 2.94 bits per heavy atom. The van der Waals surface area contributed by atoms with Crippen LogP contribution in [0.25, 0.3) is 0 Å². The van der Waals surface area contributed by atoms with Crippen LogP contribution in [0.4, 0.5) is 0 Å². The molecule has 1 aliphatic rings. The minimum absolute atomic E-state index is 0.129. The molecule has 0 radical (unpaired) electrons. The number of nitrogens with two attached hydrogens (primary N) is 1. The molecule has 1 fully saturated rings. The monoisotopic (exact) mass is 228 g/mol. The van der Waals surface area contributed by atoms with E-state index in [0.717, 1.165) is 25.8 Å². The van der Waals surface area contributed by atoms with E-state index in [-0.39, 0.29) is 17.9 Å². The van der Waals surface area contributed by atoms with Gasteiger partial charge in [-0.1, -0.05) is 19.8 Å². The summed E-state index contributed by atoms with van der Waals surface area (Å²) in [6, 6.07) is 0.216. The molecule has 1 rings (SSSR count). The average Bonchev–Trinajstić information content (AvgIpc) is 2.32. The summed E-state index contributed by atoms with van der Waals surface area (Å²) in [6.07, 6.45) is 5.38. The normalized spacial score (nSPS) is 22.8. The van der Waals surface area contributed by atoms with Crippen LogP contribution in [0, 0.1) is 5.92 Å². The molecule has 0 spiro atoms. The summed E-state index contributed by atoms with van der Waals surface area (Å²) >= 11 is 0. The number of carbonyl (C=O) groups excluding carboxylic acids is 1. The number of unbranched alkanes of at least 4 members (excludes halogenated alkanes) is 1. The van der Waals surface area contributed by atoms with E-state index in [9.17, 15) is 4.79 Å². The molecule has 0 bridgehead atoms. The zero-order valence-electron chi connectivity index (χ0n) is 10.2. The van der Waals surface area contributed by atoms with Gasteiger partial charge in [0.15, 0.2) is 0 Å². The number of piperidine rings is 1. The van der Waals surface area contributed by atoms with Gasteiger partial charge in [-0.05, 0) is 25.8 Å². The van der Waals surface area contributed by atoms with Gasteiger partial charge in [0.1, 0.15) is 0 Å². The zero-order valence-corrected chi connectivity index (χ0v) is 10.2. The van der Waals surface area contributed by atoms with Crippen LogP contribution in [0.5, 0.6) is 0 Å². The van der Waals surface area contributed by atoms with Crippen molar-refractivity contribution in [2.45, 2.75) is 45.1 Å². The fourth-order valence-corrected chi connectivity index (χ4v) is 2.07. The SMILES string of the molecule is CCCCOC(=O)C(CN)C1CCCCN1. The predicted octanol–water partition coefficient (Wildman–Crippen LogP) is 1.05. The number of hydrogen-bond acceptors (Lipinski definition) is 4. The molecule has 0 aliphatic carbocycles. The number of esters is 1. The van der Waals surface area contributed by atoms with Gasteiger partial charge in [-0.2, -0.15) is 0 Å². The molecule has 94 valence electrons. The third-order valence-electron chi connectivity index (χ3n) is 3.13. The van der Waals surface area contributed by atoms with Crippen molar-refractivity contribution in [1.82, 2.24) is 5.32 Å². The van der Waals surface area contributed by atoms with Gasteiger partial charge >= 0.3 is 5.97 Å². The second kappa shape index (κ2) is 7.63. The third kappa shape index (κ3) is 4.10. The molecular weight excluding hydrogens is 204 g/mol. The molecule has 0 saturated carbocycles. The van der Waals surface area contributed by atoms with E-state index in [1.807, 2.05) is 0 Å². The van der Waals surface area contributed by atoms with E-state index in [1.54, 1.807) is 0 Å². The van der Waals surface area contributed by atoms with E-state index >= 15 is 0 Å². The molecule has 1 aliphatic heterocycles. The maximum Gasteiger partial charge on any atom is 0.311 e. The standard InChI is InChI=1S/C12H24N2O2/c1-2-3-8-16-12(15)10(9-13)11-6-4-5-7-14-11/h10-11,14H,2-9,13H2,1H3. The number of hydrogen-bond donors (Lipinski definition) is 2. The van der Waals surface area contributed by atoms with E-state index in [0.29, 0.717) is 13.2 Å². The van der Waals surface area contributed by atoms with Gasteiger partial charge in [-0.3, -0.25) is 4.79 Å². The van der Waals surface area contributed by atoms with Crippen molar-refractivity contribution < 1.29 is 9.53 Å². The van der Waals surface area contributed by atoms with E-state index in [1.165, 1.54) is 12.8 Å². The summed E-state index contributed by atoms with van der Waals surface area (Å²) in [7, 11) is 0. The summed E-state index contributed by atoms with van der Waals surface area (Å²) in [5.41, 5.74) is 5.67. The molecule has 3 N–H and O–H groups in total. The van der Waals surface area contributed by atoms with Crippen LogP contribution in [0.2, 0.25) is 0 Å². The first-order chi connectivity index (χ1) is 7.79. The molecule has 4 heteroatoms. The van der Waals surface area contributed by atoms with E-state index in [4.69, 9.17) is 10.5 Å². The number of rotatable bonds is 6. The second-order valence-electron chi connectivity index (χ2n) is 4.42. The summed E-state index contributed by atoms with van der Waals surface area (Å²) < 4.78 is 5.23. The first kappa shape index (κ1) is 13.5. The van der Waals surface area contributed by atoms with Crippen LogP contribution in [0.1, 0.15) is 39.0 Å². The van der Waals surface area contributed by atoms with E-state index in [2.05, 4.69) is 12.2 Å². The Hall–Kier alpha value is -0.610. The highest BCUT2D eigenvalue weighted by atomic mass is 16.5. The number of carbonyl (C=O) groups is 1. The highest BCUT2D eigenvalue weighted by Gasteiger charge is 2.29. The lowest BCUT2D eigenvalue weighted by Crippen LogP contribution is -2.46. The number of ether oxygens (including phenoxy) is 1. The van der Waals surface area contributed by atoms with Gasteiger partial charge in [-0.15, -0.1) is 0 Å². The van der Waals surface area contributed by atoms with Gasteiger partial charge in [0.2, 0.25) is 0 Å². The Kier molecular flexibility index (Phi) is 6.42. The summed E-state index contributed by atoms with van der Waals surface area (Å²) in [5.74, 6) is -0.299. The van der Waals surface area contributed by atoms with Crippen molar-refractivity contribution in [3.05, 3.63) is 0 Å². The molecule has 2 atom stereocenters. The fraction of sp³-hybridized carbons (Fsp3) is 0.917. The van der Waals surface area contributed by atoms with Crippen LogP contribution >= 0.6 is 0 Å². The van der Waals surface area contributed by atoms with Gasteiger partial charge in [-0.25, -0.2) is 0 Å². The van der Waals surface area contributed by atoms with Crippen molar-refractivity contribution in [1.29, 1.82) is 0 Å². The topological polar surface area (TPSA) is 64.3 Å². The van der Waals surface area contributed by atoms with Crippen molar-refractivity contribution in [2.24, 2.45) is 11.7 Å². The largest absolute Gasteiger partial charge is 0.465 e. The van der Waals surface area contributed by atoms with Crippen LogP contribution in [-0.2, 0) is 9.53 Å². The smallest absolute Gasteiger partial charge is 0.311 e. The fourth-order valence-electron chi connectivity index (χ4n) is 2.07. The molecule has 2 unspecified atom stereocenters. The molecule has 16 heavy (non-hydrogen) atoms. The number of nitrogens with one attached hydrogen (secondary N) is 1. The van der Waals surface area contributed by atoms with Gasteiger partial charge < -0.3 is 15.8 Å². The quantitative estimate of drug-likeness (QED) is 0.527. The molecule has 1 heterocycles. The Labute approximate surface area is 97.9 Å². The Bertz CT molecular complexity index is 203. The van der Waals surface area contributed by atoms with Gasteiger partial charge in [0, 0.05) is 12.6 Å². The maximum atomic E-state index is 11.8. The molecule has 0 amide bonds. The lowest BCUT2D eigenvalue weighted by molar-refractivity contribution is -0.149. The van der Waals surface area contributed by atoms with Gasteiger partial charge in [0.25, 0.3) is 0 Å². The predicted molar refractivity (Wildman–Crippen MR) is 64.1 cm³/mol. The highest BCUT2D eigenvalue weighted by Crippen LogP contribution is 2.16. The van der Waals surface area contributed by atoms with Crippen molar-refractivity contribution in [3.63, 3.8) is 0 Å². The van der Waals surface area contributed by atoms with E-state index < -0.39 is 0 Å². The Morgan fingerprint density at radius 1 is 1.56 bits per heavy atom. The van der Waals surface area contributed by atoms with Crippen molar-refractivity contribution in [3.8, 4) is 0 Å². The third-order valence-corrected chi connectivity index (χ3v) is 3.13. The zero-order chi connectivity index (χ0) is 11.8. The minimum atomic E-state index is -0.169. The lowest BCUT2D eigenvalue weighted by atomic mass is 9.92. The first-order valence-electron chi connectivity index (χ1n) is 6.39. The molecule has 1 saturated heterocycles. The summed E-state index contributed by atoms with van der Waals surface area (Å²) in [4.78, 5) is 11.8. The molecule has 0 aromatic heterocycles. The van der Waals surface area contributed by atoms with Crippen molar-refractivity contribution in [2.75, 3.05) is 19.7 Å². The van der Waals surface area contributed by atoms with Crippen molar-refractivity contribution >= 4 is 5.97 Å². The van der Waals surface area contributed by atoms with Gasteiger partial charge in [0.05, 0.1) is 12.5 Å². The minimum Gasteiger partial charge on any atom is -0.465 e.